The van der Waals surface area contributed by atoms with Crippen molar-refractivity contribution in [1.29, 1.82) is 0 Å². The summed E-state index contributed by atoms with van der Waals surface area (Å²) in [5, 5.41) is 12.6. The Hall–Kier alpha value is -3.46. The molecule has 9 heteroatoms. The van der Waals surface area contributed by atoms with Gasteiger partial charge in [0.15, 0.2) is 0 Å². The molecule has 0 radical (unpaired) electrons. The largest absolute Gasteiger partial charge is 0.487 e. The van der Waals surface area contributed by atoms with Crippen molar-refractivity contribution in [2.75, 3.05) is 0 Å². The fourth-order valence-electron chi connectivity index (χ4n) is 2.86. The number of carbonyl (C=O) groups is 2. The maximum Gasteiger partial charge on any atom is 0.256 e. The van der Waals surface area contributed by atoms with Gasteiger partial charge in [0.25, 0.3) is 5.91 Å². The zero-order valence-electron chi connectivity index (χ0n) is 15.8. The Morgan fingerprint density at radius 3 is 2.72 bits per heavy atom. The van der Waals surface area contributed by atoms with Crippen molar-refractivity contribution in [2.24, 2.45) is 5.73 Å². The smallest absolute Gasteiger partial charge is 0.256 e. The maximum atomic E-state index is 12.9. The number of aryl methyl sites for hydroxylation is 1. The molecule has 0 unspecified atom stereocenters. The van der Waals surface area contributed by atoms with Crippen molar-refractivity contribution in [3.63, 3.8) is 0 Å². The Kier molecular flexibility index (Phi) is 5.79. The number of benzene rings is 1. The molecule has 0 saturated heterocycles. The van der Waals surface area contributed by atoms with Crippen molar-refractivity contribution in [1.82, 2.24) is 10.3 Å². The van der Waals surface area contributed by atoms with E-state index < -0.39 is 29.8 Å². The highest BCUT2D eigenvalue weighted by Crippen LogP contribution is 2.29. The van der Waals surface area contributed by atoms with Gasteiger partial charge in [-0.3, -0.25) is 14.6 Å². The van der Waals surface area contributed by atoms with Gasteiger partial charge in [-0.1, -0.05) is 0 Å². The number of rotatable bonds is 7. The van der Waals surface area contributed by atoms with Crippen LogP contribution in [0.25, 0.3) is 11.0 Å². The monoisotopic (exact) mass is 401 g/mol. The molecule has 0 fully saturated rings. The first-order valence-corrected chi connectivity index (χ1v) is 8.81. The lowest BCUT2D eigenvalue weighted by molar-refractivity contribution is -0.122. The number of aliphatic hydroxyl groups excluding tert-OH is 1. The van der Waals surface area contributed by atoms with Gasteiger partial charge in [-0.15, -0.1) is 0 Å². The van der Waals surface area contributed by atoms with Crippen LogP contribution in [0.1, 0.15) is 28.7 Å². The zero-order valence-corrected chi connectivity index (χ0v) is 15.8. The molecule has 8 nitrogen and oxygen atoms in total. The minimum atomic E-state index is -1.24. The van der Waals surface area contributed by atoms with E-state index in [0.717, 1.165) is 6.20 Å². The molecule has 2 heterocycles. The number of nitrogens with zero attached hydrogens (tertiary/aromatic N) is 1. The minimum absolute atomic E-state index is 0.107. The molecule has 0 aliphatic rings. The molecule has 2 amide bonds. The third-order valence-corrected chi connectivity index (χ3v) is 4.31. The SMILES string of the molecule is Cc1oc2ccc(OCc3ccc(F)cn3)cc2c1C(=O)N[C@H](C(N)=O)[C@@H](C)O. The van der Waals surface area contributed by atoms with Gasteiger partial charge in [0, 0.05) is 5.39 Å². The average molecular weight is 401 g/mol. The molecular weight excluding hydrogens is 381 g/mol. The first-order chi connectivity index (χ1) is 13.8. The number of furan rings is 1. The van der Waals surface area contributed by atoms with E-state index in [1.165, 1.54) is 19.1 Å². The number of ether oxygens (including phenoxy) is 1. The second kappa shape index (κ2) is 8.27. The average Bonchev–Trinajstić information content (AvgIpc) is 3.00. The van der Waals surface area contributed by atoms with Crippen LogP contribution >= 0.6 is 0 Å². The van der Waals surface area contributed by atoms with Crippen LogP contribution in [0.5, 0.6) is 5.75 Å². The Morgan fingerprint density at radius 1 is 1.34 bits per heavy atom. The number of fused-ring (bicyclic) bond motifs is 1. The van der Waals surface area contributed by atoms with Gasteiger partial charge in [-0.25, -0.2) is 4.39 Å². The number of halogens is 1. The summed E-state index contributed by atoms with van der Waals surface area (Å²) >= 11 is 0. The predicted molar refractivity (Wildman–Crippen MR) is 102 cm³/mol. The van der Waals surface area contributed by atoms with Crippen molar-refractivity contribution < 1.29 is 28.2 Å². The summed E-state index contributed by atoms with van der Waals surface area (Å²) in [6.07, 6.45) is -0.0572. The normalized spacial score (nSPS) is 13.1. The van der Waals surface area contributed by atoms with E-state index in [0.29, 0.717) is 28.2 Å². The molecule has 29 heavy (non-hydrogen) atoms. The summed E-state index contributed by atoms with van der Waals surface area (Å²) in [5.74, 6) is -1.12. The summed E-state index contributed by atoms with van der Waals surface area (Å²) in [7, 11) is 0. The second-order valence-corrected chi connectivity index (χ2v) is 6.54. The fraction of sp³-hybridized carbons (Fsp3) is 0.250. The highest BCUT2D eigenvalue weighted by molar-refractivity contribution is 6.08. The highest BCUT2D eigenvalue weighted by Gasteiger charge is 2.27. The predicted octanol–water partition coefficient (Wildman–Crippen LogP) is 1.82. The van der Waals surface area contributed by atoms with Crippen LogP contribution in [0.15, 0.2) is 40.9 Å². The summed E-state index contributed by atoms with van der Waals surface area (Å²) in [6, 6.07) is 6.48. The van der Waals surface area contributed by atoms with Crippen LogP contribution < -0.4 is 15.8 Å². The Balaban J connectivity index is 1.85. The number of nitrogens with two attached hydrogens (primary N) is 1. The molecule has 3 aromatic rings. The number of nitrogens with one attached hydrogen (secondary N) is 1. The molecule has 0 saturated carbocycles. The van der Waals surface area contributed by atoms with Gasteiger partial charge in [-0.05, 0) is 44.2 Å². The number of amides is 2. The molecule has 0 spiro atoms. The number of carbonyl (C=O) groups excluding carboxylic acids is 2. The lowest BCUT2D eigenvalue weighted by Gasteiger charge is -2.17. The van der Waals surface area contributed by atoms with Gasteiger partial charge in [0.2, 0.25) is 5.91 Å². The third-order valence-electron chi connectivity index (χ3n) is 4.31. The zero-order chi connectivity index (χ0) is 21.1. The van der Waals surface area contributed by atoms with Crippen molar-refractivity contribution in [2.45, 2.75) is 32.6 Å². The van der Waals surface area contributed by atoms with E-state index in [2.05, 4.69) is 10.3 Å². The number of aliphatic hydroxyl groups is 1. The molecule has 152 valence electrons. The summed E-state index contributed by atoms with van der Waals surface area (Å²) in [4.78, 5) is 28.1. The molecule has 0 bridgehead atoms. The van der Waals surface area contributed by atoms with E-state index in [4.69, 9.17) is 14.9 Å². The van der Waals surface area contributed by atoms with E-state index in [-0.39, 0.29) is 12.2 Å². The molecule has 3 rings (SSSR count). The van der Waals surface area contributed by atoms with E-state index in [1.807, 2.05) is 0 Å². The molecule has 2 atom stereocenters. The summed E-state index contributed by atoms with van der Waals surface area (Å²) in [6.45, 7) is 3.07. The Bertz CT molecular complexity index is 1050. The first kappa shape index (κ1) is 20.3. The standard InChI is InChI=1S/C20H20FN3O5/c1-10(25)18(19(22)26)24-20(27)17-11(2)29-16-6-5-14(7-15(16)17)28-9-13-4-3-12(21)8-23-13/h3-8,10,18,25H,9H2,1-2H3,(H2,22,26)(H,24,27)/t10-,18+/m1/s1. The highest BCUT2D eigenvalue weighted by atomic mass is 19.1. The van der Waals surface area contributed by atoms with E-state index in [9.17, 15) is 19.1 Å². The Morgan fingerprint density at radius 2 is 2.10 bits per heavy atom. The van der Waals surface area contributed by atoms with Crippen LogP contribution in [0.4, 0.5) is 4.39 Å². The number of aromatic nitrogens is 1. The number of hydrogen-bond acceptors (Lipinski definition) is 6. The molecule has 1 aromatic carbocycles. The van der Waals surface area contributed by atoms with Crippen LogP contribution in [-0.2, 0) is 11.4 Å². The molecule has 0 aliphatic heterocycles. The third kappa shape index (κ3) is 4.52. The topological polar surface area (TPSA) is 128 Å². The molecule has 2 aromatic heterocycles. The fourth-order valence-corrected chi connectivity index (χ4v) is 2.86. The maximum absolute atomic E-state index is 12.9. The molecule has 4 N–H and O–H groups in total. The van der Waals surface area contributed by atoms with Gasteiger partial charge >= 0.3 is 0 Å². The van der Waals surface area contributed by atoms with Crippen molar-refractivity contribution >= 4 is 22.8 Å². The molecule has 0 aliphatic carbocycles. The Labute approximate surface area is 165 Å². The number of hydrogen-bond donors (Lipinski definition) is 3. The van der Waals surface area contributed by atoms with Crippen molar-refractivity contribution in [3.05, 3.63) is 59.4 Å². The van der Waals surface area contributed by atoms with Crippen LogP contribution in [0.2, 0.25) is 0 Å². The lowest BCUT2D eigenvalue weighted by atomic mass is 10.1. The van der Waals surface area contributed by atoms with E-state index in [1.54, 1.807) is 25.1 Å². The van der Waals surface area contributed by atoms with E-state index >= 15 is 0 Å². The quantitative estimate of drug-likeness (QED) is 0.554. The molecular formula is C20H20FN3O5. The number of pyridine rings is 1. The summed E-state index contributed by atoms with van der Waals surface area (Å²) < 4.78 is 24.2. The van der Waals surface area contributed by atoms with Gasteiger partial charge in [0.1, 0.15) is 35.6 Å². The van der Waals surface area contributed by atoms with Gasteiger partial charge in [0.05, 0.1) is 23.6 Å². The van der Waals surface area contributed by atoms with Crippen molar-refractivity contribution in [3.8, 4) is 5.75 Å². The van der Waals surface area contributed by atoms with Crippen LogP contribution in [0.3, 0.4) is 0 Å². The van der Waals surface area contributed by atoms with Gasteiger partial charge in [-0.2, -0.15) is 0 Å². The first-order valence-electron chi connectivity index (χ1n) is 8.81. The minimum Gasteiger partial charge on any atom is -0.487 e. The second-order valence-electron chi connectivity index (χ2n) is 6.54. The lowest BCUT2D eigenvalue weighted by Crippen LogP contribution is -2.50. The number of primary amides is 1. The van der Waals surface area contributed by atoms with Crippen LogP contribution in [0, 0.1) is 12.7 Å². The van der Waals surface area contributed by atoms with Crippen LogP contribution in [-0.4, -0.2) is 34.1 Å². The summed E-state index contributed by atoms with van der Waals surface area (Å²) in [5.41, 5.74) is 6.43. The van der Waals surface area contributed by atoms with Gasteiger partial charge < -0.3 is 25.3 Å².